The summed E-state index contributed by atoms with van der Waals surface area (Å²) >= 11 is 0. The highest BCUT2D eigenvalue weighted by Crippen LogP contribution is 2.13. The molecular weight excluding hydrogens is 268 g/mol. The zero-order valence-electron chi connectivity index (χ0n) is 13.3. The van der Waals surface area contributed by atoms with Gasteiger partial charge in [-0.25, -0.2) is 0 Å². The number of rotatable bonds is 6. The Labute approximate surface area is 132 Å². The fourth-order valence-corrected chi connectivity index (χ4v) is 2.28. The smallest absolute Gasteiger partial charge is 0.0705 e. The van der Waals surface area contributed by atoms with Gasteiger partial charge in [0.25, 0.3) is 0 Å². The third-order valence-corrected chi connectivity index (χ3v) is 3.34. The van der Waals surface area contributed by atoms with E-state index in [9.17, 15) is 0 Å². The van der Waals surface area contributed by atoms with E-state index in [0.717, 1.165) is 40.8 Å². The SMILES string of the molecule is C=C/C=C(CC)/N=C(/C=C\C)Cc1ccc2ccccc2n1. The van der Waals surface area contributed by atoms with Crippen LogP contribution in [0.3, 0.4) is 0 Å². The summed E-state index contributed by atoms with van der Waals surface area (Å²) in [4.78, 5) is 9.45. The van der Waals surface area contributed by atoms with Gasteiger partial charge in [-0.2, -0.15) is 0 Å². The molecule has 0 fully saturated rings. The molecule has 2 heteroatoms. The second kappa shape index (κ2) is 8.08. The maximum absolute atomic E-state index is 4.73. The highest BCUT2D eigenvalue weighted by molar-refractivity contribution is 5.97. The Balaban J connectivity index is 2.31. The average Bonchev–Trinajstić information content (AvgIpc) is 2.54. The van der Waals surface area contributed by atoms with Crippen LogP contribution in [0.5, 0.6) is 0 Å². The van der Waals surface area contributed by atoms with Gasteiger partial charge in [-0.05, 0) is 37.6 Å². The van der Waals surface area contributed by atoms with Crippen molar-refractivity contribution in [3.05, 3.63) is 78.7 Å². The van der Waals surface area contributed by atoms with E-state index in [1.807, 2.05) is 43.4 Å². The van der Waals surface area contributed by atoms with Crippen molar-refractivity contribution in [2.75, 3.05) is 0 Å². The zero-order chi connectivity index (χ0) is 15.8. The molecule has 0 saturated heterocycles. The van der Waals surface area contributed by atoms with Gasteiger partial charge >= 0.3 is 0 Å². The van der Waals surface area contributed by atoms with Crippen molar-refractivity contribution in [2.24, 2.45) is 4.99 Å². The van der Waals surface area contributed by atoms with Gasteiger partial charge in [0.05, 0.1) is 5.52 Å². The Bertz CT molecular complexity index is 736. The Morgan fingerprint density at radius 1 is 1.23 bits per heavy atom. The number of nitrogens with zero attached hydrogens (tertiary/aromatic N) is 2. The number of aromatic nitrogens is 1. The molecule has 2 rings (SSSR count). The summed E-state index contributed by atoms with van der Waals surface area (Å²) in [5.41, 5.74) is 4.10. The van der Waals surface area contributed by atoms with Gasteiger partial charge in [0.15, 0.2) is 0 Å². The Morgan fingerprint density at radius 2 is 2.05 bits per heavy atom. The van der Waals surface area contributed by atoms with E-state index in [0.29, 0.717) is 0 Å². The molecule has 2 nitrogen and oxygen atoms in total. The van der Waals surface area contributed by atoms with Gasteiger partial charge in [-0.15, -0.1) is 0 Å². The minimum Gasteiger partial charge on any atom is -0.258 e. The van der Waals surface area contributed by atoms with Crippen LogP contribution in [0.1, 0.15) is 26.0 Å². The van der Waals surface area contributed by atoms with Crippen molar-refractivity contribution in [2.45, 2.75) is 26.7 Å². The number of benzene rings is 1. The van der Waals surface area contributed by atoms with E-state index in [4.69, 9.17) is 9.98 Å². The first-order valence-corrected chi connectivity index (χ1v) is 7.63. The number of aliphatic imine (C=N–C) groups is 1. The van der Waals surface area contributed by atoms with Crippen LogP contribution in [0.25, 0.3) is 10.9 Å². The Kier molecular flexibility index (Phi) is 5.84. The topological polar surface area (TPSA) is 25.2 Å². The number of hydrogen-bond donors (Lipinski definition) is 0. The van der Waals surface area contributed by atoms with E-state index in [-0.39, 0.29) is 0 Å². The zero-order valence-corrected chi connectivity index (χ0v) is 13.3. The molecule has 1 heterocycles. The quantitative estimate of drug-likeness (QED) is 0.525. The molecule has 0 unspecified atom stereocenters. The van der Waals surface area contributed by atoms with Crippen molar-refractivity contribution in [1.29, 1.82) is 0 Å². The van der Waals surface area contributed by atoms with Crippen LogP contribution in [-0.4, -0.2) is 10.7 Å². The lowest BCUT2D eigenvalue weighted by atomic mass is 10.1. The van der Waals surface area contributed by atoms with Gasteiger partial charge in [0.2, 0.25) is 0 Å². The summed E-state index contributed by atoms with van der Waals surface area (Å²) in [6.45, 7) is 7.85. The summed E-state index contributed by atoms with van der Waals surface area (Å²) < 4.78 is 0. The van der Waals surface area contributed by atoms with Crippen molar-refractivity contribution in [1.82, 2.24) is 4.98 Å². The maximum Gasteiger partial charge on any atom is 0.0705 e. The molecule has 22 heavy (non-hydrogen) atoms. The number of para-hydroxylation sites is 1. The van der Waals surface area contributed by atoms with Crippen LogP contribution in [-0.2, 0) is 6.42 Å². The lowest BCUT2D eigenvalue weighted by Gasteiger charge is -2.05. The molecule has 1 aromatic carbocycles. The van der Waals surface area contributed by atoms with E-state index >= 15 is 0 Å². The molecule has 1 aromatic heterocycles. The minimum absolute atomic E-state index is 0.726. The van der Waals surface area contributed by atoms with E-state index < -0.39 is 0 Å². The predicted octanol–water partition coefficient (Wildman–Crippen LogP) is 5.27. The summed E-state index contributed by atoms with van der Waals surface area (Å²) in [7, 11) is 0. The predicted molar refractivity (Wildman–Crippen MR) is 96.3 cm³/mol. The molecule has 0 radical (unpaired) electrons. The third-order valence-electron chi connectivity index (χ3n) is 3.34. The molecule has 112 valence electrons. The normalized spacial score (nSPS) is 13.0. The van der Waals surface area contributed by atoms with E-state index in [1.165, 1.54) is 0 Å². The first-order valence-electron chi connectivity index (χ1n) is 7.63. The second-order valence-corrected chi connectivity index (χ2v) is 5.02. The number of allylic oxidation sites excluding steroid dienone is 5. The minimum atomic E-state index is 0.726. The summed E-state index contributed by atoms with van der Waals surface area (Å²) in [6.07, 6.45) is 9.41. The van der Waals surface area contributed by atoms with Crippen molar-refractivity contribution in [3.63, 3.8) is 0 Å². The molecule has 2 aromatic rings. The maximum atomic E-state index is 4.73. The molecule has 0 aliphatic rings. The number of fused-ring (bicyclic) bond motifs is 1. The highest BCUT2D eigenvalue weighted by Gasteiger charge is 2.03. The summed E-state index contributed by atoms with van der Waals surface area (Å²) in [5.74, 6) is 0. The van der Waals surface area contributed by atoms with Gasteiger partial charge in [0.1, 0.15) is 0 Å². The van der Waals surface area contributed by atoms with Crippen molar-refractivity contribution < 1.29 is 0 Å². The van der Waals surface area contributed by atoms with Crippen LogP contribution >= 0.6 is 0 Å². The van der Waals surface area contributed by atoms with Gasteiger partial charge in [-0.1, -0.05) is 49.9 Å². The fourth-order valence-electron chi connectivity index (χ4n) is 2.28. The second-order valence-electron chi connectivity index (χ2n) is 5.02. The monoisotopic (exact) mass is 290 g/mol. The molecule has 0 saturated carbocycles. The summed E-state index contributed by atoms with van der Waals surface area (Å²) in [6, 6.07) is 12.4. The first kappa shape index (κ1) is 15.9. The van der Waals surface area contributed by atoms with Gasteiger partial charge < -0.3 is 0 Å². The lowest BCUT2D eigenvalue weighted by Crippen LogP contribution is -2.02. The van der Waals surface area contributed by atoms with Crippen LogP contribution < -0.4 is 0 Å². The molecule has 0 atom stereocenters. The van der Waals surface area contributed by atoms with E-state index in [2.05, 4.69) is 31.7 Å². The molecular formula is C20H22N2. The molecule has 0 aliphatic carbocycles. The number of hydrogen-bond acceptors (Lipinski definition) is 2. The molecule has 0 aliphatic heterocycles. The van der Waals surface area contributed by atoms with Gasteiger partial charge in [-0.3, -0.25) is 9.98 Å². The average molecular weight is 290 g/mol. The van der Waals surface area contributed by atoms with Crippen molar-refractivity contribution in [3.8, 4) is 0 Å². The van der Waals surface area contributed by atoms with Crippen LogP contribution in [0.2, 0.25) is 0 Å². The first-order chi connectivity index (χ1) is 10.8. The number of pyridine rings is 1. The Hall–Kier alpha value is -2.48. The molecule has 0 spiro atoms. The largest absolute Gasteiger partial charge is 0.258 e. The third kappa shape index (κ3) is 4.26. The summed E-state index contributed by atoms with van der Waals surface area (Å²) in [5, 5.41) is 1.16. The lowest BCUT2D eigenvalue weighted by molar-refractivity contribution is 1.06. The van der Waals surface area contributed by atoms with Gasteiger partial charge in [0, 0.05) is 28.9 Å². The van der Waals surface area contributed by atoms with Crippen LogP contribution in [0.15, 0.2) is 78.0 Å². The molecule has 0 amide bonds. The Morgan fingerprint density at radius 3 is 2.77 bits per heavy atom. The van der Waals surface area contributed by atoms with Crippen molar-refractivity contribution >= 4 is 16.6 Å². The van der Waals surface area contributed by atoms with E-state index in [1.54, 1.807) is 6.08 Å². The van der Waals surface area contributed by atoms with Crippen LogP contribution in [0, 0.1) is 0 Å². The standard InChI is InChI=1S/C20H22N2/c1-4-9-17(6-3)21-18(10-5-2)15-19-14-13-16-11-7-8-12-20(16)22-19/h4-5,7-14H,1,6,15H2,2-3H3/b10-5-,17-9+,21-18-. The highest BCUT2D eigenvalue weighted by atomic mass is 14.8. The fraction of sp³-hybridized carbons (Fsp3) is 0.200. The van der Waals surface area contributed by atoms with Crippen LogP contribution in [0.4, 0.5) is 0 Å². The molecule has 0 bridgehead atoms. The molecule has 0 N–H and O–H groups in total.